The minimum Gasteiger partial charge on any atom is -0.497 e. The van der Waals surface area contributed by atoms with E-state index in [4.69, 9.17) is 9.15 Å². The van der Waals surface area contributed by atoms with Crippen LogP contribution in [0.3, 0.4) is 0 Å². The molecule has 7 nitrogen and oxygen atoms in total. The van der Waals surface area contributed by atoms with Gasteiger partial charge in [0.05, 0.1) is 18.2 Å². The van der Waals surface area contributed by atoms with Gasteiger partial charge in [0.1, 0.15) is 11.5 Å². The van der Waals surface area contributed by atoms with Gasteiger partial charge in [0.25, 0.3) is 0 Å². The zero-order chi connectivity index (χ0) is 21.0. The molecule has 1 aromatic heterocycles. The second-order valence-electron chi connectivity index (χ2n) is 6.51. The predicted octanol–water partition coefficient (Wildman–Crippen LogP) is 3.05. The van der Waals surface area contributed by atoms with Crippen LogP contribution in [0.1, 0.15) is 11.5 Å². The Labute approximate surface area is 172 Å². The number of hydrogen-bond acceptors (Lipinski definition) is 6. The summed E-state index contributed by atoms with van der Waals surface area (Å²) in [7, 11) is -0.282. The third kappa shape index (κ3) is 5.11. The Morgan fingerprint density at radius 2 is 1.83 bits per heavy atom. The number of sulfonamides is 1. The second kappa shape index (κ2) is 8.89. The second-order valence-corrected chi connectivity index (χ2v) is 10.1. The van der Waals surface area contributed by atoms with E-state index in [0.717, 1.165) is 15.6 Å². The molecule has 1 atom stereocenters. The molecule has 0 fully saturated rings. The molecular weight excluding hydrogens is 412 g/mol. The van der Waals surface area contributed by atoms with Gasteiger partial charge in [-0.2, -0.15) is 0 Å². The van der Waals surface area contributed by atoms with Gasteiger partial charge in [0.2, 0.25) is 15.9 Å². The first-order valence-corrected chi connectivity index (χ1v) is 11.7. The van der Waals surface area contributed by atoms with Crippen LogP contribution in [0.2, 0.25) is 0 Å². The highest BCUT2D eigenvalue weighted by molar-refractivity contribution is 7.89. The van der Waals surface area contributed by atoms with Crippen LogP contribution in [-0.4, -0.2) is 43.1 Å². The van der Waals surface area contributed by atoms with Gasteiger partial charge < -0.3 is 9.15 Å². The fourth-order valence-electron chi connectivity index (χ4n) is 2.65. The molecule has 0 bridgehead atoms. The standard InChI is InChI=1S/C20H22N2O5S2/c1-22(2)29(24,25)18-6-4-5-15(11-18)13-28(23)14-20-21-12-19(27-20)16-7-9-17(26-3)10-8-16/h4-12H,13-14H2,1-3H3. The number of methoxy groups -OCH3 is 1. The molecule has 0 aliphatic carbocycles. The molecular formula is C20H22N2O5S2. The molecule has 0 spiro atoms. The van der Waals surface area contributed by atoms with Gasteiger partial charge in [-0.1, -0.05) is 12.1 Å². The zero-order valence-corrected chi connectivity index (χ0v) is 18.0. The van der Waals surface area contributed by atoms with Crippen LogP contribution in [0.4, 0.5) is 0 Å². The maximum atomic E-state index is 12.5. The molecule has 2 aromatic carbocycles. The third-order valence-electron chi connectivity index (χ3n) is 4.22. The Bertz CT molecular complexity index is 1110. The molecule has 29 heavy (non-hydrogen) atoms. The zero-order valence-electron chi connectivity index (χ0n) is 16.4. The van der Waals surface area contributed by atoms with Crippen molar-refractivity contribution in [3.05, 3.63) is 66.2 Å². The number of benzene rings is 2. The highest BCUT2D eigenvalue weighted by Gasteiger charge is 2.18. The summed E-state index contributed by atoms with van der Waals surface area (Å²) in [5.74, 6) is 2.04. The number of rotatable bonds is 8. The van der Waals surface area contributed by atoms with Crippen molar-refractivity contribution < 1.29 is 21.8 Å². The van der Waals surface area contributed by atoms with Gasteiger partial charge in [-0.25, -0.2) is 17.7 Å². The maximum Gasteiger partial charge on any atom is 0.242 e. The minimum absolute atomic E-state index is 0.140. The lowest BCUT2D eigenvalue weighted by Crippen LogP contribution is -2.22. The lowest BCUT2D eigenvalue weighted by Gasteiger charge is -2.12. The van der Waals surface area contributed by atoms with Crippen LogP contribution in [0, 0.1) is 0 Å². The molecule has 1 unspecified atom stereocenters. The summed E-state index contributed by atoms with van der Waals surface area (Å²) in [5, 5.41) is 0. The summed E-state index contributed by atoms with van der Waals surface area (Å²) in [4.78, 5) is 4.38. The fraction of sp³-hybridized carbons (Fsp3) is 0.250. The Kier molecular flexibility index (Phi) is 6.51. The van der Waals surface area contributed by atoms with E-state index in [2.05, 4.69) is 4.98 Å². The third-order valence-corrected chi connectivity index (χ3v) is 7.25. The van der Waals surface area contributed by atoms with Crippen molar-refractivity contribution >= 4 is 20.8 Å². The van der Waals surface area contributed by atoms with Gasteiger partial charge in [-0.05, 0) is 42.0 Å². The molecule has 0 radical (unpaired) electrons. The van der Waals surface area contributed by atoms with Crippen LogP contribution in [0.25, 0.3) is 11.3 Å². The first-order chi connectivity index (χ1) is 13.8. The molecule has 0 saturated heterocycles. The predicted molar refractivity (Wildman–Crippen MR) is 111 cm³/mol. The topological polar surface area (TPSA) is 89.7 Å². The molecule has 0 amide bonds. The van der Waals surface area contributed by atoms with E-state index in [1.165, 1.54) is 20.2 Å². The number of aromatic nitrogens is 1. The van der Waals surface area contributed by atoms with E-state index in [-0.39, 0.29) is 16.4 Å². The van der Waals surface area contributed by atoms with Crippen LogP contribution in [0.5, 0.6) is 5.75 Å². The van der Waals surface area contributed by atoms with E-state index in [1.54, 1.807) is 31.5 Å². The lowest BCUT2D eigenvalue weighted by molar-refractivity contribution is 0.415. The van der Waals surface area contributed by atoms with Crippen LogP contribution < -0.4 is 4.74 Å². The maximum absolute atomic E-state index is 12.5. The Morgan fingerprint density at radius 1 is 1.10 bits per heavy atom. The average molecular weight is 435 g/mol. The number of nitrogens with zero attached hydrogens (tertiary/aromatic N) is 2. The molecule has 0 N–H and O–H groups in total. The SMILES string of the molecule is COc1ccc(-c2cnc(CS(=O)Cc3cccc(S(=O)(=O)N(C)C)c3)o2)cc1. The van der Waals surface area contributed by atoms with Gasteiger partial charge in [-0.3, -0.25) is 4.21 Å². The molecule has 0 saturated carbocycles. The lowest BCUT2D eigenvalue weighted by atomic mass is 10.2. The number of ether oxygens (including phenoxy) is 1. The molecule has 3 aromatic rings. The summed E-state index contributed by atoms with van der Waals surface area (Å²) in [6.45, 7) is 0. The first kappa shape index (κ1) is 21.2. The number of oxazole rings is 1. The van der Waals surface area contributed by atoms with Crippen molar-refractivity contribution in [2.45, 2.75) is 16.4 Å². The molecule has 0 aliphatic rings. The average Bonchev–Trinajstić information content (AvgIpc) is 3.16. The van der Waals surface area contributed by atoms with Gasteiger partial charge in [0.15, 0.2) is 5.76 Å². The van der Waals surface area contributed by atoms with E-state index >= 15 is 0 Å². The van der Waals surface area contributed by atoms with Crippen molar-refractivity contribution in [1.29, 1.82) is 0 Å². The van der Waals surface area contributed by atoms with Crippen LogP contribution >= 0.6 is 0 Å². The largest absolute Gasteiger partial charge is 0.497 e. The Hall–Kier alpha value is -2.49. The molecule has 0 aliphatic heterocycles. The normalized spacial score (nSPS) is 12.8. The van der Waals surface area contributed by atoms with Gasteiger partial charge in [-0.15, -0.1) is 0 Å². The van der Waals surface area contributed by atoms with E-state index in [1.807, 2.05) is 24.3 Å². The highest BCUT2D eigenvalue weighted by Crippen LogP contribution is 2.24. The van der Waals surface area contributed by atoms with Crippen molar-refractivity contribution in [1.82, 2.24) is 9.29 Å². The summed E-state index contributed by atoms with van der Waals surface area (Å²) < 4.78 is 49.1. The van der Waals surface area contributed by atoms with Gasteiger partial charge >= 0.3 is 0 Å². The Balaban J connectivity index is 1.68. The fourth-order valence-corrected chi connectivity index (χ4v) is 4.68. The van der Waals surface area contributed by atoms with Crippen molar-refractivity contribution in [3.8, 4) is 17.1 Å². The van der Waals surface area contributed by atoms with Crippen molar-refractivity contribution in [3.63, 3.8) is 0 Å². The smallest absolute Gasteiger partial charge is 0.242 e. The van der Waals surface area contributed by atoms with Crippen LogP contribution in [0.15, 0.2) is 64.0 Å². The molecule has 3 rings (SSSR count). The van der Waals surface area contributed by atoms with Crippen molar-refractivity contribution in [2.75, 3.05) is 21.2 Å². The quantitative estimate of drug-likeness (QED) is 0.541. The summed E-state index contributed by atoms with van der Waals surface area (Å²) in [6, 6.07) is 13.8. The number of hydrogen-bond donors (Lipinski definition) is 0. The minimum atomic E-state index is -3.53. The van der Waals surface area contributed by atoms with E-state index in [9.17, 15) is 12.6 Å². The van der Waals surface area contributed by atoms with Crippen molar-refractivity contribution in [2.24, 2.45) is 0 Å². The summed E-state index contributed by atoms with van der Waals surface area (Å²) in [6.07, 6.45) is 1.60. The van der Waals surface area contributed by atoms with E-state index < -0.39 is 20.8 Å². The van der Waals surface area contributed by atoms with E-state index in [0.29, 0.717) is 17.2 Å². The first-order valence-electron chi connectivity index (χ1n) is 8.75. The van der Waals surface area contributed by atoms with Crippen LogP contribution in [-0.2, 0) is 32.3 Å². The summed E-state index contributed by atoms with van der Waals surface area (Å²) >= 11 is 0. The molecule has 154 valence electrons. The highest BCUT2D eigenvalue weighted by atomic mass is 32.2. The summed E-state index contributed by atoms with van der Waals surface area (Å²) in [5.41, 5.74) is 1.52. The Morgan fingerprint density at radius 3 is 2.48 bits per heavy atom. The molecule has 9 heteroatoms. The monoisotopic (exact) mass is 434 g/mol. The molecule has 1 heterocycles. The van der Waals surface area contributed by atoms with Gasteiger partial charge in [0, 0.05) is 36.2 Å².